The lowest BCUT2D eigenvalue weighted by Gasteiger charge is -2.45. The number of hydrogen-bond donors (Lipinski definition) is 1. The minimum atomic E-state index is -0.716. The molecule has 0 spiro atoms. The Bertz CT molecular complexity index is 1710. The molecule has 2 aliphatic carbocycles. The monoisotopic (exact) mass is 504 g/mol. The van der Waals surface area contributed by atoms with E-state index in [1.165, 1.54) is 6.07 Å². The van der Waals surface area contributed by atoms with Crippen LogP contribution in [0.15, 0.2) is 66.2 Å². The minimum Gasteiger partial charge on any atom is -0.390 e. The number of carbonyl (C=O) groups is 1. The Labute approximate surface area is 219 Å². The van der Waals surface area contributed by atoms with Crippen LogP contribution in [0.4, 0.5) is 4.39 Å². The number of Topliss-reactive ketones (excluding diaryl/α,β-unsaturated/α-hetero) is 1. The van der Waals surface area contributed by atoms with Gasteiger partial charge in [-0.1, -0.05) is 50.3 Å². The van der Waals surface area contributed by atoms with Gasteiger partial charge in [0.05, 0.1) is 34.8 Å². The average molecular weight is 505 g/mol. The summed E-state index contributed by atoms with van der Waals surface area (Å²) < 4.78 is 15.2. The Balaban J connectivity index is 1.71. The van der Waals surface area contributed by atoms with Crippen LogP contribution in [0.2, 0.25) is 0 Å². The van der Waals surface area contributed by atoms with Gasteiger partial charge in [-0.3, -0.25) is 9.78 Å². The van der Waals surface area contributed by atoms with Crippen LogP contribution >= 0.6 is 0 Å². The van der Waals surface area contributed by atoms with Crippen molar-refractivity contribution in [2.45, 2.75) is 38.7 Å². The van der Waals surface area contributed by atoms with Crippen molar-refractivity contribution in [2.75, 3.05) is 0 Å². The number of fused-ring (bicyclic) bond motifs is 4. The number of rotatable bonds is 3. The zero-order chi connectivity index (χ0) is 26.6. The quantitative estimate of drug-likeness (QED) is 0.397. The van der Waals surface area contributed by atoms with E-state index in [1.807, 2.05) is 38.1 Å². The van der Waals surface area contributed by atoms with Crippen LogP contribution < -0.4 is 0 Å². The maximum Gasteiger partial charge on any atom is 0.176 e. The summed E-state index contributed by atoms with van der Waals surface area (Å²) in [6.45, 7) is 3.64. The van der Waals surface area contributed by atoms with Crippen molar-refractivity contribution in [1.82, 2.24) is 15.0 Å². The molecular weight excluding hydrogens is 479 g/mol. The van der Waals surface area contributed by atoms with Crippen LogP contribution in [-0.4, -0.2) is 25.8 Å². The second-order valence-electron chi connectivity index (χ2n) is 10.3. The van der Waals surface area contributed by atoms with Crippen molar-refractivity contribution in [1.29, 1.82) is 5.26 Å². The van der Waals surface area contributed by atoms with Gasteiger partial charge in [-0.25, -0.2) is 14.4 Å². The fourth-order valence-electron chi connectivity index (χ4n) is 6.27. The molecule has 2 aromatic heterocycles. The van der Waals surface area contributed by atoms with Gasteiger partial charge in [0.15, 0.2) is 11.6 Å². The fourth-order valence-corrected chi connectivity index (χ4v) is 6.27. The van der Waals surface area contributed by atoms with E-state index in [9.17, 15) is 15.2 Å². The first kappa shape index (κ1) is 24.1. The van der Waals surface area contributed by atoms with Gasteiger partial charge in [0.25, 0.3) is 0 Å². The average Bonchev–Trinajstić information content (AvgIpc) is 2.94. The van der Waals surface area contributed by atoms with Gasteiger partial charge < -0.3 is 5.11 Å². The minimum absolute atomic E-state index is 0.0574. The number of ketones is 1. The number of benzene rings is 2. The van der Waals surface area contributed by atoms with E-state index in [-0.39, 0.29) is 35.6 Å². The molecule has 2 aliphatic rings. The molecule has 0 unspecified atom stereocenters. The van der Waals surface area contributed by atoms with E-state index in [0.717, 1.165) is 10.9 Å². The molecule has 0 aliphatic heterocycles. The largest absolute Gasteiger partial charge is 0.390 e. The highest BCUT2D eigenvalue weighted by Gasteiger charge is 2.49. The van der Waals surface area contributed by atoms with E-state index in [2.05, 4.69) is 11.1 Å². The Morgan fingerprint density at radius 3 is 2.63 bits per heavy atom. The summed E-state index contributed by atoms with van der Waals surface area (Å²) in [5.41, 5.74) is 3.67. The standard InChI is InChI=1S/C31H25FN4O2/c1-17-24-12-11-22-27(21-8-3-5-9-25(21)32)35-30(36-29(22)31(24,2)14-18(15-33)28(17)38)23-13-19(16-37)34-26-10-6-4-7-20(23)26/h3-10,13-14,17,24,37H,11-12,16H2,1-2H3/t17-,24-,31-/m1/s1. The lowest BCUT2D eigenvalue weighted by Crippen LogP contribution is -2.46. The molecule has 0 amide bonds. The zero-order valence-corrected chi connectivity index (χ0v) is 21.1. The van der Waals surface area contributed by atoms with Crippen LogP contribution in [0.1, 0.15) is 37.2 Å². The van der Waals surface area contributed by atoms with Crippen LogP contribution in [0.5, 0.6) is 0 Å². The predicted molar refractivity (Wildman–Crippen MR) is 141 cm³/mol. The highest BCUT2D eigenvalue weighted by molar-refractivity contribution is 6.02. The molecule has 7 heteroatoms. The fraction of sp³-hybridized carbons (Fsp3) is 0.258. The molecule has 0 bridgehead atoms. The van der Waals surface area contributed by atoms with Crippen molar-refractivity contribution >= 4 is 16.7 Å². The van der Waals surface area contributed by atoms with Crippen molar-refractivity contribution < 1.29 is 14.3 Å². The summed E-state index contributed by atoms with van der Waals surface area (Å²) in [7, 11) is 0. The van der Waals surface area contributed by atoms with Gasteiger partial charge in [0, 0.05) is 33.4 Å². The van der Waals surface area contributed by atoms with E-state index in [4.69, 9.17) is 9.97 Å². The highest BCUT2D eigenvalue weighted by Crippen LogP contribution is 2.51. The third kappa shape index (κ3) is 3.56. The van der Waals surface area contributed by atoms with Crippen LogP contribution in [-0.2, 0) is 23.2 Å². The molecule has 2 heterocycles. The lowest BCUT2D eigenvalue weighted by atomic mass is 9.57. The summed E-state index contributed by atoms with van der Waals surface area (Å²) in [6.07, 6.45) is 3.04. The zero-order valence-electron chi connectivity index (χ0n) is 21.1. The third-order valence-corrected chi connectivity index (χ3v) is 8.14. The smallest absolute Gasteiger partial charge is 0.176 e. The second-order valence-corrected chi connectivity index (χ2v) is 10.3. The second kappa shape index (κ2) is 8.93. The molecule has 1 N–H and O–H groups in total. The van der Waals surface area contributed by atoms with Gasteiger partial charge >= 0.3 is 0 Å². The number of halogens is 1. The van der Waals surface area contributed by atoms with Gasteiger partial charge in [0.1, 0.15) is 11.9 Å². The lowest BCUT2D eigenvalue weighted by molar-refractivity contribution is -0.121. The van der Waals surface area contributed by atoms with E-state index < -0.39 is 5.41 Å². The molecule has 4 aromatic rings. The summed E-state index contributed by atoms with van der Waals surface area (Å²) in [6, 6.07) is 18.0. The predicted octanol–water partition coefficient (Wildman–Crippen LogP) is 5.48. The summed E-state index contributed by atoms with van der Waals surface area (Å²) in [5, 5.41) is 20.5. The number of carbonyl (C=O) groups excluding carboxylic acids is 1. The number of aromatic nitrogens is 3. The number of hydrogen-bond acceptors (Lipinski definition) is 6. The molecule has 0 saturated heterocycles. The van der Waals surface area contributed by atoms with Crippen molar-refractivity contribution in [3.63, 3.8) is 0 Å². The molecule has 188 valence electrons. The van der Waals surface area contributed by atoms with Crippen molar-refractivity contribution in [3.8, 4) is 28.7 Å². The van der Waals surface area contributed by atoms with Crippen molar-refractivity contribution in [2.24, 2.45) is 11.8 Å². The highest BCUT2D eigenvalue weighted by atomic mass is 19.1. The molecule has 2 aromatic carbocycles. The summed E-state index contributed by atoms with van der Waals surface area (Å²) in [4.78, 5) is 27.5. The summed E-state index contributed by atoms with van der Waals surface area (Å²) in [5.74, 6) is -0.546. The maximum absolute atomic E-state index is 15.2. The molecule has 0 fully saturated rings. The Morgan fingerprint density at radius 1 is 1.11 bits per heavy atom. The first-order chi connectivity index (χ1) is 18.4. The number of allylic oxidation sites excluding steroid dienone is 2. The normalized spacial score (nSPS) is 22.4. The van der Waals surface area contributed by atoms with Gasteiger partial charge in [-0.05, 0) is 43.0 Å². The molecular formula is C31H25FN4O2. The third-order valence-electron chi connectivity index (χ3n) is 8.14. The first-order valence-electron chi connectivity index (χ1n) is 12.7. The molecule has 0 saturated carbocycles. The molecule has 0 radical (unpaired) electrons. The number of nitrogens with zero attached hydrogens (tertiary/aromatic N) is 4. The maximum atomic E-state index is 15.2. The van der Waals surface area contributed by atoms with E-state index >= 15 is 4.39 Å². The molecule has 6 rings (SSSR count). The molecule has 6 nitrogen and oxygen atoms in total. The first-order valence-corrected chi connectivity index (χ1v) is 12.7. The number of aliphatic hydroxyl groups excluding tert-OH is 1. The van der Waals surface area contributed by atoms with Crippen molar-refractivity contribution in [3.05, 3.63) is 89.0 Å². The van der Waals surface area contributed by atoms with Crippen LogP contribution in [0.3, 0.4) is 0 Å². The topological polar surface area (TPSA) is 99.8 Å². The molecule has 38 heavy (non-hydrogen) atoms. The number of nitriles is 1. The SMILES string of the molecule is C[C@H]1C(=O)C(C#N)=C[C@@]2(C)c3nc(-c4cc(CO)nc5ccccc45)nc(-c4ccccc4F)c3CC[C@H]12. The number of aliphatic hydroxyl groups is 1. The van der Waals surface area contributed by atoms with Crippen LogP contribution in [0.25, 0.3) is 33.5 Å². The van der Waals surface area contributed by atoms with Gasteiger partial charge in [-0.2, -0.15) is 5.26 Å². The van der Waals surface area contributed by atoms with Gasteiger partial charge in [0.2, 0.25) is 0 Å². The summed E-state index contributed by atoms with van der Waals surface area (Å²) >= 11 is 0. The Kier molecular flexibility index (Phi) is 5.66. The van der Waals surface area contributed by atoms with Crippen LogP contribution in [0, 0.1) is 29.0 Å². The Morgan fingerprint density at radius 2 is 1.87 bits per heavy atom. The molecule has 3 atom stereocenters. The van der Waals surface area contributed by atoms with E-state index in [1.54, 1.807) is 30.3 Å². The number of pyridine rings is 1. The Hall–Kier alpha value is -4.28. The number of para-hydroxylation sites is 1. The van der Waals surface area contributed by atoms with E-state index in [0.29, 0.717) is 52.4 Å². The van der Waals surface area contributed by atoms with Gasteiger partial charge in [-0.15, -0.1) is 0 Å².